The first-order valence-electron chi connectivity index (χ1n) is 8.02. The van der Waals surface area contributed by atoms with Crippen LogP contribution in [0, 0.1) is 0 Å². The molecule has 2 unspecified atom stereocenters. The topological polar surface area (TPSA) is 76.1 Å². The van der Waals surface area contributed by atoms with E-state index < -0.39 is 29.3 Å². The second-order valence-corrected chi connectivity index (χ2v) is 7.28. The van der Waals surface area contributed by atoms with Gasteiger partial charge < -0.3 is 14.6 Å². The summed E-state index contributed by atoms with van der Waals surface area (Å²) in [5.74, 6) is -0.547. The third-order valence-corrected chi connectivity index (χ3v) is 3.89. The Balaban J connectivity index is 2.09. The Bertz CT molecular complexity index is 595. The third-order valence-electron chi connectivity index (χ3n) is 3.89. The second kappa shape index (κ2) is 6.81. The van der Waals surface area contributed by atoms with Crippen molar-refractivity contribution in [1.29, 1.82) is 0 Å². The molecule has 6 nitrogen and oxygen atoms in total. The predicted octanol–water partition coefficient (Wildman–Crippen LogP) is 2.49. The van der Waals surface area contributed by atoms with Crippen LogP contribution in [0.15, 0.2) is 30.3 Å². The number of hydrogen-bond acceptors (Lipinski definition) is 5. The van der Waals surface area contributed by atoms with Gasteiger partial charge in [-0.1, -0.05) is 30.3 Å². The predicted molar refractivity (Wildman–Crippen MR) is 88.2 cm³/mol. The first-order chi connectivity index (χ1) is 11.1. The monoisotopic (exact) mass is 335 g/mol. The lowest BCUT2D eigenvalue weighted by molar-refractivity contribution is -0.156. The molecule has 6 heteroatoms. The lowest BCUT2D eigenvalue weighted by Gasteiger charge is -2.34. The average molecular weight is 335 g/mol. The van der Waals surface area contributed by atoms with E-state index in [9.17, 15) is 14.7 Å². The van der Waals surface area contributed by atoms with Crippen molar-refractivity contribution < 1.29 is 24.2 Å². The Kier molecular flexibility index (Phi) is 5.18. The maximum absolute atomic E-state index is 12.6. The van der Waals surface area contributed by atoms with Gasteiger partial charge in [0, 0.05) is 6.42 Å². The van der Waals surface area contributed by atoms with Crippen molar-refractivity contribution in [1.82, 2.24) is 4.90 Å². The van der Waals surface area contributed by atoms with E-state index in [1.165, 1.54) is 4.90 Å². The molecule has 1 aliphatic rings. The Morgan fingerprint density at radius 2 is 1.92 bits per heavy atom. The first-order valence-corrected chi connectivity index (χ1v) is 8.02. The number of carbonyl (C=O) groups excluding carboxylic acids is 2. The molecular weight excluding hydrogens is 310 g/mol. The summed E-state index contributed by atoms with van der Waals surface area (Å²) in [4.78, 5) is 26.2. The zero-order chi connectivity index (χ0) is 18.0. The molecule has 1 amide bonds. The maximum atomic E-state index is 12.6. The molecule has 0 aliphatic carbocycles. The van der Waals surface area contributed by atoms with Gasteiger partial charge in [-0.3, -0.25) is 4.90 Å². The van der Waals surface area contributed by atoms with Crippen LogP contribution >= 0.6 is 0 Å². The molecule has 1 saturated heterocycles. The molecule has 2 atom stereocenters. The van der Waals surface area contributed by atoms with Gasteiger partial charge in [0.05, 0.1) is 12.6 Å². The number of aliphatic hydroxyl groups excluding tert-OH is 1. The fraction of sp³-hybridized carbons (Fsp3) is 0.556. The number of nitrogens with zero attached hydrogens (tertiary/aromatic N) is 1. The van der Waals surface area contributed by atoms with Crippen molar-refractivity contribution in [3.8, 4) is 0 Å². The summed E-state index contributed by atoms with van der Waals surface area (Å²) < 4.78 is 10.7. The number of hydrogen-bond donors (Lipinski definition) is 1. The van der Waals surface area contributed by atoms with Gasteiger partial charge >= 0.3 is 12.1 Å². The van der Waals surface area contributed by atoms with E-state index in [4.69, 9.17) is 9.47 Å². The molecule has 1 N–H and O–H groups in total. The fourth-order valence-electron chi connectivity index (χ4n) is 2.71. The molecule has 1 aliphatic heterocycles. The molecular formula is C18H25NO5. The number of likely N-dealkylation sites (tertiary alicyclic amines) is 1. The number of rotatable bonds is 3. The molecule has 0 radical (unpaired) electrons. The Morgan fingerprint density at radius 3 is 2.50 bits per heavy atom. The Hall–Kier alpha value is -2.08. The van der Waals surface area contributed by atoms with Gasteiger partial charge in [-0.25, -0.2) is 9.59 Å². The largest absolute Gasteiger partial charge is 0.459 e. The standard InChI is InChI=1S/C18H25NO5/c1-17(2,3)24-16(22)19-11-14(20)10-18(19,4)15(21)23-12-13-8-6-5-7-9-13/h5-9,14,20H,10-12H2,1-4H3. The number of aliphatic hydroxyl groups is 1. The molecule has 132 valence electrons. The van der Waals surface area contributed by atoms with Crippen LogP contribution in [-0.4, -0.2) is 45.9 Å². The summed E-state index contributed by atoms with van der Waals surface area (Å²) in [5.41, 5.74) is -1.06. The summed E-state index contributed by atoms with van der Waals surface area (Å²) in [6.45, 7) is 7.02. The summed E-state index contributed by atoms with van der Waals surface area (Å²) in [6.07, 6.45) is -1.29. The van der Waals surface area contributed by atoms with Crippen LogP contribution in [0.2, 0.25) is 0 Å². The van der Waals surface area contributed by atoms with Crippen molar-refractivity contribution in [3.63, 3.8) is 0 Å². The number of esters is 1. The summed E-state index contributed by atoms with van der Waals surface area (Å²) in [5, 5.41) is 9.96. The van der Waals surface area contributed by atoms with Crippen LogP contribution in [0.4, 0.5) is 4.79 Å². The lowest BCUT2D eigenvalue weighted by Crippen LogP contribution is -2.52. The molecule has 2 rings (SSSR count). The number of β-amino-alcohol motifs (C(OH)–C–C–N with tert-alkyl or cyclic N) is 1. The highest BCUT2D eigenvalue weighted by atomic mass is 16.6. The van der Waals surface area contributed by atoms with E-state index in [-0.39, 0.29) is 19.6 Å². The normalized spacial score (nSPS) is 23.9. The maximum Gasteiger partial charge on any atom is 0.411 e. The van der Waals surface area contributed by atoms with Crippen LogP contribution in [0.3, 0.4) is 0 Å². The highest BCUT2D eigenvalue weighted by Gasteiger charge is 2.52. The van der Waals surface area contributed by atoms with E-state index >= 15 is 0 Å². The van der Waals surface area contributed by atoms with Gasteiger partial charge in [0.25, 0.3) is 0 Å². The van der Waals surface area contributed by atoms with Gasteiger partial charge in [-0.05, 0) is 33.3 Å². The van der Waals surface area contributed by atoms with Crippen molar-refractivity contribution in [2.75, 3.05) is 6.54 Å². The van der Waals surface area contributed by atoms with E-state index in [2.05, 4.69) is 0 Å². The van der Waals surface area contributed by atoms with Gasteiger partial charge in [0.2, 0.25) is 0 Å². The highest BCUT2D eigenvalue weighted by Crippen LogP contribution is 2.32. The van der Waals surface area contributed by atoms with Crippen molar-refractivity contribution in [2.45, 2.75) is 58.0 Å². The first kappa shape index (κ1) is 18.3. The molecule has 0 bridgehead atoms. The molecule has 0 aromatic heterocycles. The van der Waals surface area contributed by atoms with Crippen molar-refractivity contribution >= 4 is 12.1 Å². The van der Waals surface area contributed by atoms with Crippen molar-refractivity contribution in [3.05, 3.63) is 35.9 Å². The number of benzene rings is 1. The van der Waals surface area contributed by atoms with E-state index in [0.717, 1.165) is 5.56 Å². The van der Waals surface area contributed by atoms with Crippen LogP contribution < -0.4 is 0 Å². The second-order valence-electron chi connectivity index (χ2n) is 7.28. The summed E-state index contributed by atoms with van der Waals surface area (Å²) >= 11 is 0. The van der Waals surface area contributed by atoms with Crippen LogP contribution in [0.5, 0.6) is 0 Å². The SMILES string of the molecule is CC(C)(C)OC(=O)N1CC(O)CC1(C)C(=O)OCc1ccccc1. The number of ether oxygens (including phenoxy) is 2. The minimum Gasteiger partial charge on any atom is -0.459 e. The molecule has 1 fully saturated rings. The Morgan fingerprint density at radius 1 is 1.29 bits per heavy atom. The van der Waals surface area contributed by atoms with Crippen LogP contribution in [0.1, 0.15) is 39.7 Å². The molecule has 0 spiro atoms. The highest BCUT2D eigenvalue weighted by molar-refractivity contribution is 5.86. The van der Waals surface area contributed by atoms with Crippen molar-refractivity contribution in [2.24, 2.45) is 0 Å². The Labute approximate surface area is 142 Å². The number of carbonyl (C=O) groups is 2. The zero-order valence-electron chi connectivity index (χ0n) is 14.6. The van der Waals surface area contributed by atoms with Gasteiger partial charge in [-0.15, -0.1) is 0 Å². The summed E-state index contributed by atoms with van der Waals surface area (Å²) in [7, 11) is 0. The van der Waals surface area contributed by atoms with Gasteiger partial charge in [0.1, 0.15) is 17.7 Å². The average Bonchev–Trinajstić information content (AvgIpc) is 2.80. The minimum atomic E-state index is -1.24. The van der Waals surface area contributed by atoms with Gasteiger partial charge in [-0.2, -0.15) is 0 Å². The van der Waals surface area contributed by atoms with E-state index in [0.29, 0.717) is 0 Å². The van der Waals surface area contributed by atoms with E-state index in [1.807, 2.05) is 30.3 Å². The lowest BCUT2D eigenvalue weighted by atomic mass is 9.98. The minimum absolute atomic E-state index is 0.0475. The molecule has 1 aromatic rings. The third kappa shape index (κ3) is 4.26. The summed E-state index contributed by atoms with van der Waals surface area (Å²) in [6, 6.07) is 9.30. The van der Waals surface area contributed by atoms with Gasteiger partial charge in [0.15, 0.2) is 0 Å². The fourth-order valence-corrected chi connectivity index (χ4v) is 2.71. The molecule has 0 saturated carbocycles. The molecule has 1 heterocycles. The van der Waals surface area contributed by atoms with Crippen LogP contribution in [0.25, 0.3) is 0 Å². The zero-order valence-corrected chi connectivity index (χ0v) is 14.6. The van der Waals surface area contributed by atoms with E-state index in [1.54, 1.807) is 27.7 Å². The molecule has 1 aromatic carbocycles. The quantitative estimate of drug-likeness (QED) is 0.859. The van der Waals surface area contributed by atoms with Crippen LogP contribution in [-0.2, 0) is 20.9 Å². The molecule has 24 heavy (non-hydrogen) atoms. The smallest absolute Gasteiger partial charge is 0.411 e. The number of amides is 1.